The number of sulfone groups is 1. The number of benzene rings is 1. The summed E-state index contributed by atoms with van der Waals surface area (Å²) in [4.78, 5) is 11.3. The van der Waals surface area contributed by atoms with Crippen LogP contribution in [0.4, 0.5) is 0 Å². The van der Waals surface area contributed by atoms with Gasteiger partial charge >= 0.3 is 5.97 Å². The SMILES string of the molecule is CCOC(=O)CC#Cc1cccc(S(C)(=O)=O)c1. The molecule has 0 spiro atoms. The molecule has 0 unspecified atom stereocenters. The normalized spacial score (nSPS) is 10.3. The number of rotatable bonds is 3. The van der Waals surface area contributed by atoms with E-state index in [1.165, 1.54) is 12.1 Å². The average Bonchev–Trinajstić information content (AvgIpc) is 2.29. The van der Waals surface area contributed by atoms with Gasteiger partial charge in [-0.15, -0.1) is 0 Å². The Morgan fingerprint density at radius 1 is 1.39 bits per heavy atom. The molecule has 0 bridgehead atoms. The van der Waals surface area contributed by atoms with E-state index in [1.807, 2.05) is 0 Å². The van der Waals surface area contributed by atoms with Gasteiger partial charge in [-0.1, -0.05) is 17.9 Å². The van der Waals surface area contributed by atoms with E-state index in [0.717, 1.165) is 6.26 Å². The van der Waals surface area contributed by atoms with Crippen LogP contribution in [0, 0.1) is 11.8 Å². The topological polar surface area (TPSA) is 60.4 Å². The molecular formula is C13H14O4S. The van der Waals surface area contributed by atoms with Crippen LogP contribution in [0.15, 0.2) is 29.2 Å². The molecule has 0 aliphatic heterocycles. The number of ether oxygens (including phenoxy) is 1. The standard InChI is InChI=1S/C13H14O4S/c1-3-17-13(14)9-5-7-11-6-4-8-12(10-11)18(2,15)16/h4,6,8,10H,3,9H2,1-2H3. The van der Waals surface area contributed by atoms with E-state index in [-0.39, 0.29) is 17.3 Å². The zero-order valence-electron chi connectivity index (χ0n) is 10.3. The summed E-state index contributed by atoms with van der Waals surface area (Å²) in [7, 11) is -3.23. The molecule has 0 N–H and O–H groups in total. The van der Waals surface area contributed by atoms with E-state index in [1.54, 1.807) is 19.1 Å². The van der Waals surface area contributed by atoms with Gasteiger partial charge in [-0.05, 0) is 25.1 Å². The molecule has 1 aromatic carbocycles. The second kappa shape index (κ2) is 6.22. The van der Waals surface area contributed by atoms with Crippen LogP contribution in [0.2, 0.25) is 0 Å². The van der Waals surface area contributed by atoms with Gasteiger partial charge in [-0.3, -0.25) is 4.79 Å². The van der Waals surface area contributed by atoms with Crippen molar-refractivity contribution in [3.8, 4) is 11.8 Å². The van der Waals surface area contributed by atoms with Crippen molar-refractivity contribution in [3.05, 3.63) is 29.8 Å². The van der Waals surface area contributed by atoms with Gasteiger partial charge < -0.3 is 4.74 Å². The molecule has 4 nitrogen and oxygen atoms in total. The molecule has 0 fully saturated rings. The fourth-order valence-corrected chi connectivity index (χ4v) is 1.90. The number of esters is 1. The third kappa shape index (κ3) is 4.60. The first-order valence-corrected chi connectivity index (χ1v) is 7.27. The fourth-order valence-electron chi connectivity index (χ4n) is 1.23. The van der Waals surface area contributed by atoms with Crippen LogP contribution < -0.4 is 0 Å². The van der Waals surface area contributed by atoms with E-state index in [2.05, 4.69) is 11.8 Å². The number of hydrogen-bond acceptors (Lipinski definition) is 4. The molecule has 5 heteroatoms. The number of hydrogen-bond donors (Lipinski definition) is 0. The maximum atomic E-state index is 11.3. The van der Waals surface area contributed by atoms with Crippen molar-refractivity contribution in [2.45, 2.75) is 18.2 Å². The Morgan fingerprint density at radius 3 is 2.72 bits per heavy atom. The Morgan fingerprint density at radius 2 is 2.11 bits per heavy atom. The quantitative estimate of drug-likeness (QED) is 0.613. The maximum Gasteiger partial charge on any atom is 0.317 e. The van der Waals surface area contributed by atoms with Crippen LogP contribution in [0.1, 0.15) is 18.9 Å². The zero-order chi connectivity index (χ0) is 13.6. The molecule has 0 aromatic heterocycles. The average molecular weight is 266 g/mol. The van der Waals surface area contributed by atoms with Crippen LogP contribution in [0.5, 0.6) is 0 Å². The van der Waals surface area contributed by atoms with E-state index >= 15 is 0 Å². The molecular weight excluding hydrogens is 252 g/mol. The number of carbonyl (C=O) groups excluding carboxylic acids is 1. The molecule has 0 aliphatic rings. The smallest absolute Gasteiger partial charge is 0.317 e. The van der Waals surface area contributed by atoms with Crippen molar-refractivity contribution in [1.29, 1.82) is 0 Å². The lowest BCUT2D eigenvalue weighted by molar-refractivity contribution is -0.141. The molecule has 0 heterocycles. The van der Waals surface area contributed by atoms with Gasteiger partial charge in [0.05, 0.1) is 11.5 Å². The van der Waals surface area contributed by atoms with Gasteiger partial charge in [0.25, 0.3) is 0 Å². The Hall–Kier alpha value is -1.80. The lowest BCUT2D eigenvalue weighted by atomic mass is 10.2. The second-order valence-corrected chi connectivity index (χ2v) is 5.60. The maximum absolute atomic E-state index is 11.3. The summed E-state index contributed by atoms with van der Waals surface area (Å²) in [5, 5.41) is 0. The summed E-state index contributed by atoms with van der Waals surface area (Å²) in [5.41, 5.74) is 0.558. The summed E-state index contributed by atoms with van der Waals surface area (Å²) in [6.45, 7) is 2.05. The zero-order valence-corrected chi connectivity index (χ0v) is 11.1. The van der Waals surface area contributed by atoms with E-state index in [4.69, 9.17) is 4.74 Å². The van der Waals surface area contributed by atoms with E-state index in [0.29, 0.717) is 12.2 Å². The molecule has 0 amide bonds. The first kappa shape index (κ1) is 14.3. The minimum absolute atomic E-state index is 0.00303. The minimum atomic E-state index is -3.23. The van der Waals surface area contributed by atoms with Crippen molar-refractivity contribution < 1.29 is 17.9 Å². The largest absolute Gasteiger partial charge is 0.465 e. The Labute approximate surface area is 107 Å². The first-order valence-electron chi connectivity index (χ1n) is 5.38. The molecule has 1 aromatic rings. The van der Waals surface area contributed by atoms with Gasteiger partial charge in [0, 0.05) is 11.8 Å². The van der Waals surface area contributed by atoms with Gasteiger partial charge in [0.2, 0.25) is 0 Å². The summed E-state index contributed by atoms with van der Waals surface area (Å²) < 4.78 is 27.4. The third-order valence-electron chi connectivity index (χ3n) is 2.03. The second-order valence-electron chi connectivity index (χ2n) is 3.58. The highest BCUT2D eigenvalue weighted by Crippen LogP contribution is 2.10. The van der Waals surface area contributed by atoms with Crippen LogP contribution in [-0.2, 0) is 19.4 Å². The van der Waals surface area contributed by atoms with Crippen LogP contribution in [0.25, 0.3) is 0 Å². The predicted molar refractivity (Wildman–Crippen MR) is 67.7 cm³/mol. The Kier molecular flexibility index (Phi) is 4.93. The third-order valence-corrected chi connectivity index (χ3v) is 3.14. The fraction of sp³-hybridized carbons (Fsp3) is 0.308. The van der Waals surface area contributed by atoms with Crippen molar-refractivity contribution in [1.82, 2.24) is 0 Å². The van der Waals surface area contributed by atoms with Gasteiger partial charge in [0.1, 0.15) is 6.42 Å². The minimum Gasteiger partial charge on any atom is -0.465 e. The highest BCUT2D eigenvalue weighted by molar-refractivity contribution is 7.90. The van der Waals surface area contributed by atoms with Gasteiger partial charge in [-0.2, -0.15) is 0 Å². The molecule has 0 atom stereocenters. The molecule has 96 valence electrons. The molecule has 1 rings (SSSR count). The molecule has 0 radical (unpaired) electrons. The van der Waals surface area contributed by atoms with Crippen molar-refractivity contribution in [2.75, 3.05) is 12.9 Å². The summed E-state index contributed by atoms with van der Waals surface area (Å²) >= 11 is 0. The predicted octanol–water partition coefficient (Wildman–Crippen LogP) is 1.39. The molecule has 18 heavy (non-hydrogen) atoms. The van der Waals surface area contributed by atoms with Crippen molar-refractivity contribution >= 4 is 15.8 Å². The monoisotopic (exact) mass is 266 g/mol. The molecule has 0 aliphatic carbocycles. The molecule has 0 saturated heterocycles. The van der Waals surface area contributed by atoms with Crippen LogP contribution in [0.3, 0.4) is 0 Å². The Bertz CT molecular complexity index is 591. The van der Waals surface area contributed by atoms with Crippen LogP contribution >= 0.6 is 0 Å². The highest BCUT2D eigenvalue weighted by Gasteiger charge is 2.06. The Balaban J connectivity index is 2.81. The summed E-state index contributed by atoms with van der Waals surface area (Å²) in [6.07, 6.45) is 1.13. The highest BCUT2D eigenvalue weighted by atomic mass is 32.2. The van der Waals surface area contributed by atoms with Crippen molar-refractivity contribution in [2.24, 2.45) is 0 Å². The molecule has 0 saturated carbocycles. The van der Waals surface area contributed by atoms with E-state index in [9.17, 15) is 13.2 Å². The lowest BCUT2D eigenvalue weighted by Gasteiger charge is -1.98. The van der Waals surface area contributed by atoms with Gasteiger partial charge in [0.15, 0.2) is 9.84 Å². The summed E-state index contributed by atoms with van der Waals surface area (Å²) in [6, 6.07) is 6.29. The summed E-state index contributed by atoms with van der Waals surface area (Å²) in [5.74, 6) is 4.99. The van der Waals surface area contributed by atoms with Gasteiger partial charge in [-0.25, -0.2) is 8.42 Å². The van der Waals surface area contributed by atoms with Crippen molar-refractivity contribution in [3.63, 3.8) is 0 Å². The number of carbonyl (C=O) groups is 1. The first-order chi connectivity index (χ1) is 8.43. The lowest BCUT2D eigenvalue weighted by Crippen LogP contribution is -2.01. The van der Waals surface area contributed by atoms with Crippen LogP contribution in [-0.4, -0.2) is 27.2 Å². The van der Waals surface area contributed by atoms with E-state index < -0.39 is 9.84 Å².